The van der Waals surface area contributed by atoms with Gasteiger partial charge in [-0.05, 0) is 55.2 Å². The molecule has 1 aliphatic heterocycles. The maximum Gasteiger partial charge on any atom is 0.321 e. The van der Waals surface area contributed by atoms with E-state index in [1.54, 1.807) is 42.3 Å². The molecule has 0 saturated carbocycles. The summed E-state index contributed by atoms with van der Waals surface area (Å²) in [5.74, 6) is -0.143. The number of benzene rings is 3. The van der Waals surface area contributed by atoms with E-state index in [0.29, 0.717) is 46.7 Å². The standard InChI is InChI=1S/C29H29BrCl2N4O4/c1-35(18-19-11-13-36(14-12-19)29(39)34-22-5-3-2-4-6-22)28(38)27(37)33-17-20-7-8-21(30)15-26(20)40-23-9-10-24(31)25(32)16-23/h2-10,15-16,19H,11-14,17-18H2,1H3,(H,33,37)(H,34,39). The van der Waals surface area contributed by atoms with Crippen molar-refractivity contribution in [1.29, 1.82) is 0 Å². The third-order valence-electron chi connectivity index (χ3n) is 6.59. The topological polar surface area (TPSA) is 91.0 Å². The summed E-state index contributed by atoms with van der Waals surface area (Å²) in [6.07, 6.45) is 1.49. The predicted octanol–water partition coefficient (Wildman–Crippen LogP) is 6.57. The number of urea groups is 1. The average molecular weight is 648 g/mol. The average Bonchev–Trinajstić information content (AvgIpc) is 2.95. The van der Waals surface area contributed by atoms with E-state index in [-0.39, 0.29) is 18.5 Å². The number of nitrogens with zero attached hydrogens (tertiary/aromatic N) is 2. The number of carbonyl (C=O) groups is 3. The first kappa shape index (κ1) is 29.7. The number of halogens is 3. The zero-order valence-corrected chi connectivity index (χ0v) is 24.9. The Morgan fingerprint density at radius 1 is 1.00 bits per heavy atom. The van der Waals surface area contributed by atoms with Crippen molar-refractivity contribution in [1.82, 2.24) is 15.1 Å². The van der Waals surface area contributed by atoms with Crippen LogP contribution in [-0.4, -0.2) is 54.3 Å². The number of carbonyl (C=O) groups excluding carboxylic acids is 3. The van der Waals surface area contributed by atoms with Gasteiger partial charge in [0.15, 0.2) is 0 Å². The van der Waals surface area contributed by atoms with Gasteiger partial charge in [0.25, 0.3) is 0 Å². The molecule has 3 aromatic rings. The largest absolute Gasteiger partial charge is 0.457 e. The Balaban J connectivity index is 1.26. The van der Waals surface area contributed by atoms with E-state index in [2.05, 4.69) is 26.6 Å². The van der Waals surface area contributed by atoms with Crippen LogP contribution in [0.4, 0.5) is 10.5 Å². The van der Waals surface area contributed by atoms with E-state index in [0.717, 1.165) is 23.0 Å². The van der Waals surface area contributed by atoms with Crippen LogP contribution in [0.15, 0.2) is 71.2 Å². The van der Waals surface area contributed by atoms with Crippen molar-refractivity contribution >= 4 is 62.7 Å². The van der Waals surface area contributed by atoms with Crippen LogP contribution in [0.25, 0.3) is 0 Å². The highest BCUT2D eigenvalue weighted by atomic mass is 79.9. The second-order valence-corrected chi connectivity index (χ2v) is 11.3. The lowest BCUT2D eigenvalue weighted by atomic mass is 9.96. The highest BCUT2D eigenvalue weighted by Gasteiger charge is 2.27. The summed E-state index contributed by atoms with van der Waals surface area (Å²) >= 11 is 15.5. The van der Waals surface area contributed by atoms with Crippen LogP contribution in [0.3, 0.4) is 0 Å². The van der Waals surface area contributed by atoms with Crippen molar-refractivity contribution in [2.75, 3.05) is 32.0 Å². The monoisotopic (exact) mass is 646 g/mol. The second kappa shape index (κ2) is 13.9. The number of hydrogen-bond donors (Lipinski definition) is 2. The molecular weight excluding hydrogens is 619 g/mol. The molecule has 210 valence electrons. The molecular formula is C29H29BrCl2N4O4. The number of likely N-dealkylation sites (tertiary alicyclic amines) is 1. The molecule has 0 unspecified atom stereocenters. The number of ether oxygens (including phenoxy) is 1. The van der Waals surface area contributed by atoms with E-state index >= 15 is 0 Å². The smallest absolute Gasteiger partial charge is 0.321 e. The summed E-state index contributed by atoms with van der Waals surface area (Å²) < 4.78 is 6.76. The normalized spacial score (nSPS) is 13.4. The number of hydrogen-bond acceptors (Lipinski definition) is 4. The maximum absolute atomic E-state index is 12.8. The summed E-state index contributed by atoms with van der Waals surface area (Å²) in [7, 11) is 1.62. The van der Waals surface area contributed by atoms with Crippen LogP contribution in [0.5, 0.6) is 11.5 Å². The molecule has 0 bridgehead atoms. The van der Waals surface area contributed by atoms with E-state index in [9.17, 15) is 14.4 Å². The minimum Gasteiger partial charge on any atom is -0.457 e. The molecule has 0 aliphatic carbocycles. The van der Waals surface area contributed by atoms with Crippen LogP contribution in [0.2, 0.25) is 10.0 Å². The van der Waals surface area contributed by atoms with Gasteiger partial charge in [0.2, 0.25) is 0 Å². The van der Waals surface area contributed by atoms with Gasteiger partial charge in [0.05, 0.1) is 10.0 Å². The minimum atomic E-state index is -0.703. The fourth-order valence-electron chi connectivity index (χ4n) is 4.37. The van der Waals surface area contributed by atoms with Crippen molar-refractivity contribution in [2.24, 2.45) is 5.92 Å². The van der Waals surface area contributed by atoms with Crippen LogP contribution in [-0.2, 0) is 16.1 Å². The fourth-order valence-corrected chi connectivity index (χ4v) is 5.00. The Bertz CT molecular complexity index is 1370. The molecule has 4 amide bonds. The number of para-hydroxylation sites is 1. The molecule has 4 rings (SSSR count). The number of piperidine rings is 1. The summed E-state index contributed by atoms with van der Waals surface area (Å²) in [4.78, 5) is 41.2. The van der Waals surface area contributed by atoms with Crippen molar-refractivity contribution in [3.05, 3.63) is 86.8 Å². The fraction of sp³-hybridized carbons (Fsp3) is 0.276. The molecule has 8 nitrogen and oxygen atoms in total. The molecule has 0 radical (unpaired) electrons. The van der Waals surface area contributed by atoms with Crippen LogP contribution < -0.4 is 15.4 Å². The lowest BCUT2D eigenvalue weighted by molar-refractivity contribution is -0.145. The van der Waals surface area contributed by atoms with Crippen molar-refractivity contribution in [3.8, 4) is 11.5 Å². The van der Waals surface area contributed by atoms with Gasteiger partial charge in [-0.1, -0.05) is 63.4 Å². The Morgan fingerprint density at radius 2 is 1.73 bits per heavy atom. The van der Waals surface area contributed by atoms with Gasteiger partial charge < -0.3 is 25.2 Å². The van der Waals surface area contributed by atoms with Gasteiger partial charge >= 0.3 is 17.8 Å². The van der Waals surface area contributed by atoms with Gasteiger partial charge in [0, 0.05) is 55.0 Å². The molecule has 0 spiro atoms. The first-order valence-corrected chi connectivity index (χ1v) is 14.3. The summed E-state index contributed by atoms with van der Waals surface area (Å²) in [6, 6.07) is 19.5. The van der Waals surface area contributed by atoms with Crippen molar-refractivity contribution in [3.63, 3.8) is 0 Å². The first-order valence-electron chi connectivity index (χ1n) is 12.7. The second-order valence-electron chi connectivity index (χ2n) is 9.52. The highest BCUT2D eigenvalue weighted by molar-refractivity contribution is 9.10. The molecule has 1 heterocycles. The van der Waals surface area contributed by atoms with E-state index < -0.39 is 11.8 Å². The summed E-state index contributed by atoms with van der Waals surface area (Å²) in [5, 5.41) is 6.37. The Labute approximate surface area is 251 Å². The molecule has 0 aromatic heterocycles. The van der Waals surface area contributed by atoms with Gasteiger partial charge in [0.1, 0.15) is 11.5 Å². The Morgan fingerprint density at radius 3 is 2.42 bits per heavy atom. The van der Waals surface area contributed by atoms with Gasteiger partial charge in [-0.3, -0.25) is 9.59 Å². The number of likely N-dealkylation sites (N-methyl/N-ethyl adjacent to an activating group) is 1. The quantitative estimate of drug-likeness (QED) is 0.284. The Hall–Kier alpha value is -3.27. The van der Waals surface area contributed by atoms with E-state index in [1.807, 2.05) is 36.4 Å². The lowest BCUT2D eigenvalue weighted by Crippen LogP contribution is -2.46. The van der Waals surface area contributed by atoms with Gasteiger partial charge in [-0.2, -0.15) is 0 Å². The number of anilines is 1. The van der Waals surface area contributed by atoms with E-state index in [4.69, 9.17) is 27.9 Å². The molecule has 0 atom stereocenters. The molecule has 40 heavy (non-hydrogen) atoms. The number of nitrogens with one attached hydrogen (secondary N) is 2. The zero-order chi connectivity index (χ0) is 28.6. The molecule has 1 fully saturated rings. The molecule has 3 aromatic carbocycles. The SMILES string of the molecule is CN(CC1CCN(C(=O)Nc2ccccc2)CC1)C(=O)C(=O)NCc1ccc(Br)cc1Oc1ccc(Cl)c(Cl)c1. The van der Waals surface area contributed by atoms with Crippen molar-refractivity contribution < 1.29 is 19.1 Å². The summed E-state index contributed by atoms with van der Waals surface area (Å²) in [5.41, 5.74) is 1.43. The van der Waals surface area contributed by atoms with Crippen LogP contribution in [0.1, 0.15) is 18.4 Å². The highest BCUT2D eigenvalue weighted by Crippen LogP contribution is 2.32. The lowest BCUT2D eigenvalue weighted by Gasteiger charge is -2.33. The van der Waals surface area contributed by atoms with Crippen LogP contribution in [0, 0.1) is 5.92 Å². The molecule has 1 saturated heterocycles. The number of rotatable bonds is 7. The number of amides is 4. The molecule has 11 heteroatoms. The summed E-state index contributed by atoms with van der Waals surface area (Å²) in [6.45, 7) is 1.70. The van der Waals surface area contributed by atoms with Crippen molar-refractivity contribution in [2.45, 2.75) is 19.4 Å². The van der Waals surface area contributed by atoms with E-state index in [1.165, 1.54) is 4.90 Å². The van der Waals surface area contributed by atoms with Gasteiger partial charge in [-0.15, -0.1) is 0 Å². The van der Waals surface area contributed by atoms with Gasteiger partial charge in [-0.25, -0.2) is 4.79 Å². The first-order chi connectivity index (χ1) is 19.2. The molecule has 2 N–H and O–H groups in total. The minimum absolute atomic E-state index is 0.0945. The molecule has 1 aliphatic rings. The third kappa shape index (κ3) is 8.13. The van der Waals surface area contributed by atoms with Crippen LogP contribution >= 0.6 is 39.1 Å². The predicted molar refractivity (Wildman–Crippen MR) is 160 cm³/mol. The maximum atomic E-state index is 12.8. The Kier molecular flexibility index (Phi) is 10.3. The zero-order valence-electron chi connectivity index (χ0n) is 21.8. The third-order valence-corrected chi connectivity index (χ3v) is 7.82.